The molecule has 0 fully saturated rings. The number of aryl methyl sites for hydroxylation is 2. The van der Waals surface area contributed by atoms with E-state index in [1.165, 1.54) is 11.0 Å². The number of anilines is 1. The lowest BCUT2D eigenvalue weighted by molar-refractivity contribution is -0.0495. The molecule has 4 rings (SSSR count). The lowest BCUT2D eigenvalue weighted by Crippen LogP contribution is -2.36. The Morgan fingerprint density at radius 2 is 2.16 bits per heavy atom. The average Bonchev–Trinajstić information content (AvgIpc) is 3.04. The van der Waals surface area contributed by atoms with E-state index in [1.807, 2.05) is 6.07 Å². The standard InChI is InChI=1S/C17H17F2N3O3/c18-17(19)25-13-6-1-4-11-5-2-7-21(15(11)13)16(23)12-10-14-22(20-12)8-3-9-24-14/h1,4,6,10,17H,2-3,5,7-9H2. The quantitative estimate of drug-likeness (QED) is 0.855. The largest absolute Gasteiger partial charge is 0.478 e. The number of ether oxygens (including phenoxy) is 2. The molecule has 1 aromatic heterocycles. The van der Waals surface area contributed by atoms with Crippen LogP contribution >= 0.6 is 0 Å². The van der Waals surface area contributed by atoms with Crippen molar-refractivity contribution in [1.82, 2.24) is 9.78 Å². The van der Waals surface area contributed by atoms with Gasteiger partial charge in [0.2, 0.25) is 5.88 Å². The second-order valence-electron chi connectivity index (χ2n) is 6.00. The molecule has 8 heteroatoms. The number of carbonyl (C=O) groups is 1. The number of rotatable bonds is 3. The van der Waals surface area contributed by atoms with Gasteiger partial charge in [-0.15, -0.1) is 0 Å². The molecule has 0 radical (unpaired) electrons. The number of benzene rings is 1. The van der Waals surface area contributed by atoms with E-state index in [0.29, 0.717) is 37.7 Å². The van der Waals surface area contributed by atoms with Crippen molar-refractivity contribution >= 4 is 11.6 Å². The molecule has 2 aromatic rings. The number of para-hydroxylation sites is 1. The maximum atomic E-state index is 13.0. The van der Waals surface area contributed by atoms with E-state index in [0.717, 1.165) is 18.4 Å². The normalized spacial score (nSPS) is 16.2. The molecule has 1 amide bonds. The Hall–Kier alpha value is -2.64. The Bertz CT molecular complexity index is 783. The molecule has 0 saturated carbocycles. The highest BCUT2D eigenvalue weighted by atomic mass is 19.3. The Kier molecular flexibility index (Phi) is 4.03. The Morgan fingerprint density at radius 3 is 2.96 bits per heavy atom. The van der Waals surface area contributed by atoms with Gasteiger partial charge in [0.05, 0.1) is 12.3 Å². The highest BCUT2D eigenvalue weighted by Gasteiger charge is 2.30. The lowest BCUT2D eigenvalue weighted by atomic mass is 10.0. The van der Waals surface area contributed by atoms with Crippen molar-refractivity contribution in [3.8, 4) is 11.6 Å². The first-order valence-corrected chi connectivity index (χ1v) is 8.22. The van der Waals surface area contributed by atoms with Gasteiger partial charge >= 0.3 is 6.61 Å². The summed E-state index contributed by atoms with van der Waals surface area (Å²) in [6, 6.07) is 6.55. The zero-order chi connectivity index (χ0) is 17.4. The van der Waals surface area contributed by atoms with E-state index in [9.17, 15) is 13.6 Å². The molecule has 3 heterocycles. The van der Waals surface area contributed by atoms with Crippen molar-refractivity contribution in [3.63, 3.8) is 0 Å². The summed E-state index contributed by atoms with van der Waals surface area (Å²) in [5, 5.41) is 4.30. The molecule has 0 saturated heterocycles. The molecule has 25 heavy (non-hydrogen) atoms. The van der Waals surface area contributed by atoms with Crippen molar-refractivity contribution in [1.29, 1.82) is 0 Å². The highest BCUT2D eigenvalue weighted by molar-refractivity contribution is 6.06. The van der Waals surface area contributed by atoms with Crippen LogP contribution in [0.5, 0.6) is 11.6 Å². The minimum atomic E-state index is -2.95. The topological polar surface area (TPSA) is 56.6 Å². The molecule has 6 nitrogen and oxygen atoms in total. The van der Waals surface area contributed by atoms with Crippen LogP contribution in [0.15, 0.2) is 24.3 Å². The number of hydrogen-bond donors (Lipinski definition) is 0. The van der Waals surface area contributed by atoms with Crippen molar-refractivity contribution in [2.45, 2.75) is 32.4 Å². The molecular weight excluding hydrogens is 332 g/mol. The molecule has 2 aliphatic rings. The number of halogens is 2. The number of aromatic nitrogens is 2. The van der Waals surface area contributed by atoms with E-state index < -0.39 is 6.61 Å². The van der Waals surface area contributed by atoms with Crippen molar-refractivity contribution in [2.75, 3.05) is 18.1 Å². The summed E-state index contributed by atoms with van der Waals surface area (Å²) in [6.07, 6.45) is 2.30. The Morgan fingerprint density at radius 1 is 1.28 bits per heavy atom. The van der Waals surface area contributed by atoms with Crippen molar-refractivity contribution < 1.29 is 23.0 Å². The van der Waals surface area contributed by atoms with Gasteiger partial charge in [-0.25, -0.2) is 4.68 Å². The van der Waals surface area contributed by atoms with Gasteiger partial charge in [0, 0.05) is 25.6 Å². The number of hydrogen-bond acceptors (Lipinski definition) is 4. The van der Waals surface area contributed by atoms with Crippen LogP contribution in [0.25, 0.3) is 0 Å². The SMILES string of the molecule is O=C(c1cc2n(n1)CCCO2)N1CCCc2cccc(OC(F)F)c21. The molecule has 0 spiro atoms. The third-order valence-corrected chi connectivity index (χ3v) is 4.37. The second-order valence-corrected chi connectivity index (χ2v) is 6.00. The molecule has 0 bridgehead atoms. The fraction of sp³-hybridized carbons (Fsp3) is 0.412. The van der Waals surface area contributed by atoms with Crippen LogP contribution in [0.4, 0.5) is 14.5 Å². The first-order valence-electron chi connectivity index (χ1n) is 8.22. The molecule has 2 aliphatic heterocycles. The van der Waals surface area contributed by atoms with Gasteiger partial charge in [-0.1, -0.05) is 12.1 Å². The second kappa shape index (κ2) is 6.34. The molecule has 0 unspecified atom stereocenters. The van der Waals surface area contributed by atoms with Crippen LogP contribution in [0.1, 0.15) is 28.9 Å². The number of amides is 1. The third-order valence-electron chi connectivity index (χ3n) is 4.37. The number of alkyl halides is 2. The number of fused-ring (bicyclic) bond motifs is 2. The van der Waals surface area contributed by atoms with Gasteiger partial charge in [-0.3, -0.25) is 4.79 Å². The van der Waals surface area contributed by atoms with E-state index in [2.05, 4.69) is 9.84 Å². The van der Waals surface area contributed by atoms with Crippen LogP contribution in [-0.4, -0.2) is 35.5 Å². The van der Waals surface area contributed by atoms with Crippen molar-refractivity contribution in [3.05, 3.63) is 35.5 Å². The van der Waals surface area contributed by atoms with Gasteiger partial charge in [-0.05, 0) is 24.5 Å². The molecule has 132 valence electrons. The molecule has 0 N–H and O–H groups in total. The third kappa shape index (κ3) is 2.92. The Labute approximate surface area is 142 Å². The minimum Gasteiger partial charge on any atom is -0.478 e. The molecule has 1 aromatic carbocycles. The highest BCUT2D eigenvalue weighted by Crippen LogP contribution is 2.38. The first kappa shape index (κ1) is 15.9. The number of nitrogens with zero attached hydrogens (tertiary/aromatic N) is 3. The Balaban J connectivity index is 1.70. The van der Waals surface area contributed by atoms with E-state index >= 15 is 0 Å². The summed E-state index contributed by atoms with van der Waals surface area (Å²) >= 11 is 0. The van der Waals surface area contributed by atoms with E-state index in [4.69, 9.17) is 4.74 Å². The van der Waals surface area contributed by atoms with E-state index in [-0.39, 0.29) is 17.4 Å². The van der Waals surface area contributed by atoms with Gasteiger partial charge in [-0.2, -0.15) is 13.9 Å². The summed E-state index contributed by atoms with van der Waals surface area (Å²) in [6.45, 7) is -1.23. The fourth-order valence-corrected chi connectivity index (χ4v) is 3.32. The van der Waals surface area contributed by atoms with Gasteiger partial charge < -0.3 is 14.4 Å². The summed E-state index contributed by atoms with van der Waals surface area (Å²) < 4.78 is 37.3. The zero-order valence-electron chi connectivity index (χ0n) is 13.5. The van der Waals surface area contributed by atoms with Crippen LogP contribution < -0.4 is 14.4 Å². The predicted octanol–water partition coefficient (Wildman–Crippen LogP) is 2.86. The maximum absolute atomic E-state index is 13.0. The fourth-order valence-electron chi connectivity index (χ4n) is 3.32. The van der Waals surface area contributed by atoms with Crippen LogP contribution in [0, 0.1) is 0 Å². The molecule has 0 atom stereocenters. The predicted molar refractivity (Wildman–Crippen MR) is 85.4 cm³/mol. The van der Waals surface area contributed by atoms with Crippen LogP contribution in [0.3, 0.4) is 0 Å². The average molecular weight is 349 g/mol. The van der Waals surface area contributed by atoms with Gasteiger partial charge in [0.15, 0.2) is 5.69 Å². The molecular formula is C17H17F2N3O3. The summed E-state index contributed by atoms with van der Waals surface area (Å²) in [5.41, 5.74) is 1.47. The van der Waals surface area contributed by atoms with Gasteiger partial charge in [0.25, 0.3) is 5.91 Å². The van der Waals surface area contributed by atoms with Crippen LogP contribution in [0.2, 0.25) is 0 Å². The molecule has 0 aliphatic carbocycles. The first-order chi connectivity index (χ1) is 12.1. The summed E-state index contributed by atoms with van der Waals surface area (Å²) in [4.78, 5) is 14.4. The van der Waals surface area contributed by atoms with Crippen LogP contribution in [-0.2, 0) is 13.0 Å². The van der Waals surface area contributed by atoms with E-state index in [1.54, 1.807) is 16.8 Å². The minimum absolute atomic E-state index is 0.0146. The summed E-state index contributed by atoms with van der Waals surface area (Å²) in [7, 11) is 0. The zero-order valence-corrected chi connectivity index (χ0v) is 13.5. The smallest absolute Gasteiger partial charge is 0.387 e. The monoisotopic (exact) mass is 349 g/mol. The maximum Gasteiger partial charge on any atom is 0.387 e. The number of carbonyl (C=O) groups excluding carboxylic acids is 1. The van der Waals surface area contributed by atoms with Gasteiger partial charge in [0.1, 0.15) is 5.75 Å². The van der Waals surface area contributed by atoms with Crippen molar-refractivity contribution in [2.24, 2.45) is 0 Å². The lowest BCUT2D eigenvalue weighted by Gasteiger charge is -2.30. The summed E-state index contributed by atoms with van der Waals surface area (Å²) in [5.74, 6) is 0.237.